The highest BCUT2D eigenvalue weighted by atomic mass is 16.5. The molecule has 1 aliphatic heterocycles. The maximum absolute atomic E-state index is 11.2. The minimum absolute atomic E-state index is 0.0151. The Balaban J connectivity index is 1.74. The second-order valence-electron chi connectivity index (χ2n) is 6.54. The second kappa shape index (κ2) is 7.51. The SMILES string of the molecule is COCc1noc(CN2CCC[C@H]2[C@](C)(O)c2ccc(OC)cc2)n1. The first-order valence-electron chi connectivity index (χ1n) is 8.46. The van der Waals surface area contributed by atoms with E-state index in [1.807, 2.05) is 31.2 Å². The number of benzene rings is 1. The van der Waals surface area contributed by atoms with Crippen molar-refractivity contribution in [2.75, 3.05) is 20.8 Å². The molecule has 2 atom stereocenters. The van der Waals surface area contributed by atoms with Crippen LogP contribution in [0.2, 0.25) is 0 Å². The molecule has 3 rings (SSSR count). The number of ether oxygens (including phenoxy) is 2. The zero-order valence-electron chi connectivity index (χ0n) is 14.9. The standard InChI is InChI=1S/C18H25N3O4/c1-18(22,13-6-8-14(24-3)9-7-13)15-5-4-10-21(15)11-17-19-16(12-23-2)20-25-17/h6-9,15,22H,4-5,10-12H2,1-3H3/t15-,18+/m0/s1. The van der Waals surface area contributed by atoms with Crippen LogP contribution in [-0.4, -0.2) is 47.0 Å². The monoisotopic (exact) mass is 347 g/mol. The summed E-state index contributed by atoms with van der Waals surface area (Å²) in [7, 11) is 3.23. The summed E-state index contributed by atoms with van der Waals surface area (Å²) in [5.41, 5.74) is -0.103. The molecular formula is C18H25N3O4. The van der Waals surface area contributed by atoms with Crippen molar-refractivity contribution < 1.29 is 19.1 Å². The van der Waals surface area contributed by atoms with Crippen molar-refractivity contribution in [2.45, 2.75) is 44.6 Å². The van der Waals surface area contributed by atoms with Crippen LogP contribution >= 0.6 is 0 Å². The van der Waals surface area contributed by atoms with Crippen LogP contribution in [0.4, 0.5) is 0 Å². The molecule has 0 spiro atoms. The first-order chi connectivity index (χ1) is 12.0. The van der Waals surface area contributed by atoms with Gasteiger partial charge in [-0.05, 0) is 44.0 Å². The fourth-order valence-electron chi connectivity index (χ4n) is 3.49. The van der Waals surface area contributed by atoms with Crippen molar-refractivity contribution in [3.05, 3.63) is 41.5 Å². The summed E-state index contributed by atoms with van der Waals surface area (Å²) in [4.78, 5) is 6.54. The van der Waals surface area contributed by atoms with Crippen molar-refractivity contribution in [1.29, 1.82) is 0 Å². The molecule has 0 unspecified atom stereocenters. The Morgan fingerprint density at radius 3 is 2.76 bits per heavy atom. The van der Waals surface area contributed by atoms with Gasteiger partial charge in [0.25, 0.3) is 0 Å². The fourth-order valence-corrected chi connectivity index (χ4v) is 3.49. The van der Waals surface area contributed by atoms with Gasteiger partial charge in [0, 0.05) is 13.2 Å². The number of nitrogens with zero attached hydrogens (tertiary/aromatic N) is 3. The van der Waals surface area contributed by atoms with Gasteiger partial charge in [-0.3, -0.25) is 4.90 Å². The van der Waals surface area contributed by atoms with Crippen LogP contribution in [0.3, 0.4) is 0 Å². The van der Waals surface area contributed by atoms with Gasteiger partial charge in [-0.1, -0.05) is 17.3 Å². The Bertz CT molecular complexity index is 684. The summed E-state index contributed by atoms with van der Waals surface area (Å²) in [5, 5.41) is 15.1. The summed E-state index contributed by atoms with van der Waals surface area (Å²) >= 11 is 0. The lowest BCUT2D eigenvalue weighted by Crippen LogP contribution is -2.45. The molecule has 1 fully saturated rings. The highest BCUT2D eigenvalue weighted by Crippen LogP contribution is 2.35. The molecule has 1 N–H and O–H groups in total. The molecule has 7 nitrogen and oxygen atoms in total. The van der Waals surface area contributed by atoms with E-state index in [-0.39, 0.29) is 6.04 Å². The van der Waals surface area contributed by atoms with Crippen LogP contribution in [-0.2, 0) is 23.5 Å². The van der Waals surface area contributed by atoms with Crippen LogP contribution in [0, 0.1) is 0 Å². The van der Waals surface area contributed by atoms with Crippen molar-refractivity contribution in [2.24, 2.45) is 0 Å². The maximum Gasteiger partial charge on any atom is 0.240 e. The first-order valence-corrected chi connectivity index (χ1v) is 8.46. The van der Waals surface area contributed by atoms with E-state index >= 15 is 0 Å². The molecular weight excluding hydrogens is 322 g/mol. The summed E-state index contributed by atoms with van der Waals surface area (Å²) in [6.07, 6.45) is 1.94. The van der Waals surface area contributed by atoms with Gasteiger partial charge in [-0.15, -0.1) is 0 Å². The minimum Gasteiger partial charge on any atom is -0.497 e. The number of hydrogen-bond donors (Lipinski definition) is 1. The third-order valence-corrected chi connectivity index (χ3v) is 4.81. The molecule has 0 saturated carbocycles. The van der Waals surface area contributed by atoms with Crippen molar-refractivity contribution >= 4 is 0 Å². The highest BCUT2D eigenvalue weighted by Gasteiger charge is 2.41. The fraction of sp³-hybridized carbons (Fsp3) is 0.556. The maximum atomic E-state index is 11.2. The Morgan fingerprint density at radius 1 is 1.32 bits per heavy atom. The van der Waals surface area contributed by atoms with Gasteiger partial charge in [0.15, 0.2) is 5.82 Å². The molecule has 0 radical (unpaired) electrons. The second-order valence-corrected chi connectivity index (χ2v) is 6.54. The normalized spacial score (nSPS) is 20.6. The summed E-state index contributed by atoms with van der Waals surface area (Å²) in [6, 6.07) is 7.56. The number of aromatic nitrogens is 2. The van der Waals surface area contributed by atoms with Gasteiger partial charge in [0.05, 0.1) is 13.7 Å². The predicted molar refractivity (Wildman–Crippen MR) is 91.0 cm³/mol. The van der Waals surface area contributed by atoms with E-state index in [0.717, 1.165) is 30.7 Å². The zero-order chi connectivity index (χ0) is 17.9. The van der Waals surface area contributed by atoms with Crippen LogP contribution in [0.15, 0.2) is 28.8 Å². The molecule has 2 aromatic rings. The first kappa shape index (κ1) is 17.8. The average Bonchev–Trinajstić information content (AvgIpc) is 3.25. The summed E-state index contributed by atoms with van der Waals surface area (Å²) in [6.45, 7) is 3.60. The molecule has 0 amide bonds. The van der Waals surface area contributed by atoms with Gasteiger partial charge >= 0.3 is 0 Å². The van der Waals surface area contributed by atoms with E-state index < -0.39 is 5.60 Å². The van der Waals surface area contributed by atoms with Crippen molar-refractivity contribution in [3.8, 4) is 5.75 Å². The number of likely N-dealkylation sites (tertiary alicyclic amines) is 1. The van der Waals surface area contributed by atoms with Crippen LogP contribution < -0.4 is 4.74 Å². The van der Waals surface area contributed by atoms with Gasteiger partial charge in [-0.25, -0.2) is 0 Å². The number of rotatable bonds is 7. The average molecular weight is 347 g/mol. The van der Waals surface area contributed by atoms with E-state index in [1.54, 1.807) is 14.2 Å². The van der Waals surface area contributed by atoms with Crippen molar-refractivity contribution in [1.82, 2.24) is 15.0 Å². The highest BCUT2D eigenvalue weighted by molar-refractivity contribution is 5.31. The molecule has 1 aliphatic rings. The van der Waals surface area contributed by atoms with Gasteiger partial charge in [0.2, 0.25) is 5.89 Å². The molecule has 1 saturated heterocycles. The van der Waals surface area contributed by atoms with Gasteiger partial charge in [-0.2, -0.15) is 4.98 Å². The molecule has 25 heavy (non-hydrogen) atoms. The number of aliphatic hydroxyl groups is 1. The molecule has 1 aromatic carbocycles. The molecule has 1 aromatic heterocycles. The molecule has 0 aliphatic carbocycles. The number of hydrogen-bond acceptors (Lipinski definition) is 7. The van der Waals surface area contributed by atoms with E-state index in [9.17, 15) is 5.11 Å². The Labute approximate surface area is 147 Å². The lowest BCUT2D eigenvalue weighted by molar-refractivity contribution is -0.0278. The van der Waals surface area contributed by atoms with Crippen molar-refractivity contribution in [3.63, 3.8) is 0 Å². The summed E-state index contributed by atoms with van der Waals surface area (Å²) in [5.74, 6) is 1.86. The third-order valence-electron chi connectivity index (χ3n) is 4.81. The van der Waals surface area contributed by atoms with Gasteiger partial charge < -0.3 is 19.1 Å². The molecule has 0 bridgehead atoms. The smallest absolute Gasteiger partial charge is 0.240 e. The van der Waals surface area contributed by atoms with E-state index in [2.05, 4.69) is 15.0 Å². The Morgan fingerprint density at radius 2 is 2.08 bits per heavy atom. The zero-order valence-corrected chi connectivity index (χ0v) is 14.9. The Hall–Kier alpha value is -1.96. The largest absolute Gasteiger partial charge is 0.497 e. The predicted octanol–water partition coefficient (Wildman–Crippen LogP) is 2.10. The third kappa shape index (κ3) is 3.84. The van der Waals surface area contributed by atoms with E-state index in [4.69, 9.17) is 14.0 Å². The van der Waals surface area contributed by atoms with Crippen LogP contribution in [0.25, 0.3) is 0 Å². The molecule has 7 heteroatoms. The van der Waals surface area contributed by atoms with Crippen LogP contribution in [0.1, 0.15) is 37.0 Å². The Kier molecular flexibility index (Phi) is 5.36. The van der Waals surface area contributed by atoms with Crippen LogP contribution in [0.5, 0.6) is 5.75 Å². The quantitative estimate of drug-likeness (QED) is 0.821. The van der Waals surface area contributed by atoms with E-state index in [0.29, 0.717) is 24.9 Å². The number of methoxy groups -OCH3 is 2. The lowest BCUT2D eigenvalue weighted by Gasteiger charge is -2.36. The minimum atomic E-state index is -0.974. The molecule has 2 heterocycles. The lowest BCUT2D eigenvalue weighted by atomic mass is 9.86. The summed E-state index contributed by atoms with van der Waals surface area (Å²) < 4.78 is 15.5. The van der Waals surface area contributed by atoms with Gasteiger partial charge in [0.1, 0.15) is 18.0 Å². The van der Waals surface area contributed by atoms with E-state index in [1.165, 1.54) is 0 Å². The molecule has 136 valence electrons. The topological polar surface area (TPSA) is 80.9 Å².